The summed E-state index contributed by atoms with van der Waals surface area (Å²) in [6, 6.07) is -2.68. The van der Waals surface area contributed by atoms with E-state index in [1.807, 2.05) is 0 Å². The zero-order valence-corrected chi connectivity index (χ0v) is 7.84. The van der Waals surface area contributed by atoms with Crippen LogP contribution < -0.4 is 14.8 Å². The summed E-state index contributed by atoms with van der Waals surface area (Å²) < 4.78 is 72.0. The van der Waals surface area contributed by atoms with E-state index >= 15 is 0 Å². The summed E-state index contributed by atoms with van der Waals surface area (Å²) in [6.07, 6.45) is -2.28. The lowest BCUT2D eigenvalue weighted by molar-refractivity contribution is 0.174. The van der Waals surface area contributed by atoms with Gasteiger partial charge in [0.15, 0.2) is 11.5 Å². The summed E-state index contributed by atoms with van der Waals surface area (Å²) in [5, 5.41) is 0.854. The first-order valence-corrected chi connectivity index (χ1v) is 4.14. The van der Waals surface area contributed by atoms with E-state index in [0.717, 1.165) is 5.31 Å². The molecule has 3 nitrogen and oxygen atoms in total. The number of benzene rings is 1. The Morgan fingerprint density at radius 1 is 1.71 bits per heavy atom. The topological polar surface area (TPSA) is 30.5 Å². The van der Waals surface area contributed by atoms with Crippen molar-refractivity contribution in [3.8, 4) is 11.5 Å². The normalized spacial score (nSPS) is 28.8. The van der Waals surface area contributed by atoms with Crippen LogP contribution in [0.3, 0.4) is 0 Å². The molecule has 14 heavy (non-hydrogen) atoms. The molecule has 0 aliphatic carbocycles. The van der Waals surface area contributed by atoms with Gasteiger partial charge in [-0.05, 0) is 38.0 Å². The molecule has 1 aliphatic heterocycles. The highest BCUT2D eigenvalue weighted by Crippen LogP contribution is 2.32. The smallest absolute Gasteiger partial charge is 0.231 e. The molecule has 76 valence electrons. The molecule has 1 aromatic rings. The largest absolute Gasteiger partial charge is 0.454 e. The van der Waals surface area contributed by atoms with Gasteiger partial charge in [0.25, 0.3) is 0 Å². The first kappa shape index (κ1) is 3.74. The van der Waals surface area contributed by atoms with Crippen LogP contribution in [0, 0.1) is 0 Å². The molecule has 0 amide bonds. The number of rotatable bonds is 3. The molecule has 0 radical (unpaired) electrons. The van der Waals surface area contributed by atoms with Crippen LogP contribution in [0.15, 0.2) is 18.1 Å². The molecule has 1 N–H and O–H groups in total. The van der Waals surface area contributed by atoms with Crippen LogP contribution >= 0.6 is 0 Å². The third-order valence-electron chi connectivity index (χ3n) is 1.77. The average Bonchev–Trinajstić information content (AvgIpc) is 2.71. The molecule has 0 spiro atoms. The number of fused-ring (bicyclic) bond motifs is 1. The monoisotopic (exact) mass is 201 g/mol. The van der Waals surface area contributed by atoms with E-state index in [-0.39, 0.29) is 5.75 Å². The molecule has 1 aliphatic rings. The lowest BCUT2D eigenvalue weighted by Crippen LogP contribution is -2.23. The summed E-state index contributed by atoms with van der Waals surface area (Å²) in [5.41, 5.74) is -0.427. The predicted octanol–water partition coefficient (Wildman–Crippen LogP) is 1.57. The van der Waals surface area contributed by atoms with Crippen molar-refractivity contribution in [3.05, 3.63) is 23.7 Å². The third-order valence-corrected chi connectivity index (χ3v) is 1.77. The Bertz CT molecular complexity index is 619. The Morgan fingerprint density at radius 3 is 3.29 bits per heavy atom. The quantitative estimate of drug-likeness (QED) is 0.805. The second-order valence-corrected chi connectivity index (χ2v) is 2.77. The van der Waals surface area contributed by atoms with Gasteiger partial charge >= 0.3 is 0 Å². The van der Waals surface area contributed by atoms with Crippen LogP contribution in [0.25, 0.3) is 0 Å². The number of nitrogens with one attached hydrogen (secondary N) is 1. The van der Waals surface area contributed by atoms with Gasteiger partial charge in [-0.1, -0.05) is 6.04 Å². The first-order valence-electron chi connectivity index (χ1n) is 8.09. The maximum atomic E-state index is 8.14. The molecular formula is C11H15NO2. The van der Waals surface area contributed by atoms with Crippen molar-refractivity contribution in [2.75, 3.05) is 13.8 Å². The minimum Gasteiger partial charge on any atom is -0.454 e. The fourth-order valence-electron chi connectivity index (χ4n) is 0.971. The molecule has 1 heterocycles. The maximum absolute atomic E-state index is 8.14. The summed E-state index contributed by atoms with van der Waals surface area (Å²) in [6.45, 7) is -1.15. The van der Waals surface area contributed by atoms with Crippen LogP contribution in [0.2, 0.25) is 1.41 Å². The standard InChI is InChI=1S/C11H15NO2/c1-8(12-2)5-9-3-4-10-11(6-9)14-7-13-10/h3-4,6,8,12H,5,7H2,1-2H3/i3D,4D,5D2,6D,7D2/hD. The molecule has 1 unspecified atom stereocenters. The van der Waals surface area contributed by atoms with E-state index in [2.05, 4.69) is 0 Å². The number of hydrogen-bond acceptors (Lipinski definition) is 3. The lowest BCUT2D eigenvalue weighted by Gasteiger charge is -2.09. The summed E-state index contributed by atoms with van der Waals surface area (Å²) in [7, 11) is 1.34. The second kappa shape index (κ2) is 3.88. The van der Waals surface area contributed by atoms with E-state index in [4.69, 9.17) is 20.5 Å². The fraction of sp³-hybridized carbons (Fsp3) is 0.455. The van der Waals surface area contributed by atoms with Crippen molar-refractivity contribution in [2.24, 2.45) is 0 Å². The van der Waals surface area contributed by atoms with Crippen LogP contribution in [-0.2, 0) is 6.37 Å². The molecule has 2 rings (SSSR count). The summed E-state index contributed by atoms with van der Waals surface area (Å²) >= 11 is 0. The Balaban J connectivity index is 2.68. The number of hydrogen-bond donors (Lipinski definition) is 1. The van der Waals surface area contributed by atoms with Gasteiger partial charge in [0.05, 0.1) is 4.11 Å². The Hall–Kier alpha value is -1.22. The zero-order chi connectivity index (χ0) is 17.0. The van der Waals surface area contributed by atoms with E-state index in [0.29, 0.717) is 0 Å². The van der Waals surface area contributed by atoms with E-state index in [1.54, 1.807) is 0 Å². The molecule has 1 atom stereocenters. The van der Waals surface area contributed by atoms with Gasteiger partial charge in [-0.15, -0.1) is 0 Å². The van der Waals surface area contributed by atoms with Gasteiger partial charge in [0.2, 0.25) is 6.75 Å². The van der Waals surface area contributed by atoms with E-state index in [9.17, 15) is 0 Å². The second-order valence-electron chi connectivity index (χ2n) is 2.77. The highest BCUT2D eigenvalue weighted by molar-refractivity contribution is 5.44. The highest BCUT2D eigenvalue weighted by Gasteiger charge is 2.13. The molecule has 0 bridgehead atoms. The molecule has 0 fully saturated rings. The van der Waals surface area contributed by atoms with Crippen molar-refractivity contribution in [3.63, 3.8) is 0 Å². The summed E-state index contributed by atoms with van der Waals surface area (Å²) in [4.78, 5) is 0. The van der Waals surface area contributed by atoms with Crippen molar-refractivity contribution < 1.29 is 20.5 Å². The molecule has 0 saturated carbocycles. The third kappa shape index (κ3) is 1.82. The van der Waals surface area contributed by atoms with Crippen LogP contribution in [-0.4, -0.2) is 19.8 Å². The maximum Gasteiger partial charge on any atom is 0.231 e. The average molecular weight is 201 g/mol. The minimum absolute atomic E-state index is 0.383. The molecule has 3 heteroatoms. The van der Waals surface area contributed by atoms with Gasteiger partial charge in [-0.2, -0.15) is 0 Å². The summed E-state index contributed by atoms with van der Waals surface area (Å²) in [5.74, 6) is -0.781. The lowest BCUT2D eigenvalue weighted by atomic mass is 10.1. The molecule has 0 aromatic heterocycles. The van der Waals surface area contributed by atoms with Gasteiger partial charge in [0.1, 0.15) is 4.15 Å². The van der Waals surface area contributed by atoms with Crippen molar-refractivity contribution in [2.45, 2.75) is 19.3 Å². The van der Waals surface area contributed by atoms with Crippen molar-refractivity contribution in [1.29, 1.82) is 0 Å². The van der Waals surface area contributed by atoms with Crippen LogP contribution in [0.5, 0.6) is 11.5 Å². The first-order chi connectivity index (χ1) is 9.90. The fourth-order valence-corrected chi connectivity index (χ4v) is 0.971. The zero-order valence-electron chi connectivity index (χ0n) is 15.8. The van der Waals surface area contributed by atoms with Crippen molar-refractivity contribution >= 4 is 0 Å². The molecule has 1 aromatic carbocycles. The molecular weight excluding hydrogens is 178 g/mol. The van der Waals surface area contributed by atoms with E-state index in [1.165, 1.54) is 14.0 Å². The van der Waals surface area contributed by atoms with Crippen molar-refractivity contribution in [1.82, 2.24) is 5.31 Å². The van der Waals surface area contributed by atoms with Crippen LogP contribution in [0.1, 0.15) is 22.1 Å². The van der Waals surface area contributed by atoms with E-state index < -0.39 is 48.6 Å². The van der Waals surface area contributed by atoms with Gasteiger partial charge in [-0.3, -0.25) is 0 Å². The van der Waals surface area contributed by atoms with Gasteiger partial charge in [-0.25, -0.2) is 0 Å². The highest BCUT2D eigenvalue weighted by atomic mass is 16.7. The SMILES string of the molecule is [2H]c1c([2H])c(C([2H])([2H])C(C)N([2H])C)c([2H])c2c1OC([2H])([2H])O2. The molecule has 0 saturated heterocycles. The van der Waals surface area contributed by atoms with Crippen LogP contribution in [0.4, 0.5) is 0 Å². The Morgan fingerprint density at radius 2 is 2.50 bits per heavy atom. The predicted molar refractivity (Wildman–Crippen MR) is 54.8 cm³/mol. The number of ether oxygens (including phenoxy) is 2. The Kier molecular flexibility index (Phi) is 1.04. The minimum atomic E-state index is -2.57. The number of likely N-dealkylation sites (N-methyl/N-ethyl adjacent to an activating group) is 1. The van der Waals surface area contributed by atoms with Gasteiger partial charge < -0.3 is 14.8 Å². The van der Waals surface area contributed by atoms with Gasteiger partial charge in [0, 0.05) is 8.78 Å². The Labute approximate surface area is 95.3 Å².